The van der Waals surface area contributed by atoms with E-state index in [0.29, 0.717) is 12.2 Å². The van der Waals surface area contributed by atoms with Gasteiger partial charge in [-0.3, -0.25) is 4.79 Å². The van der Waals surface area contributed by atoms with E-state index in [1.54, 1.807) is 24.3 Å². The van der Waals surface area contributed by atoms with E-state index in [1.807, 2.05) is 0 Å². The molecule has 0 heterocycles. The number of ether oxygens (including phenoxy) is 1. The van der Waals surface area contributed by atoms with Gasteiger partial charge in [0.15, 0.2) is 0 Å². The Morgan fingerprint density at radius 3 is 2.43 bits per heavy atom. The van der Waals surface area contributed by atoms with Crippen molar-refractivity contribution < 1.29 is 24.2 Å². The van der Waals surface area contributed by atoms with Gasteiger partial charge >= 0.3 is 5.97 Å². The molecular formula is C15H22O5S. The molecule has 21 heavy (non-hydrogen) atoms. The standard InChI is InChI=1S/C15H22O5S/c1-2-3-4-5-6-7-8-15(16)18-13-9-11-14(12-10-13)21-20-19-17/h9-12,17H,2-8H2,1H3. The highest BCUT2D eigenvalue weighted by molar-refractivity contribution is 7.94. The molecule has 1 aromatic carbocycles. The lowest BCUT2D eigenvalue weighted by atomic mass is 10.1. The van der Waals surface area contributed by atoms with Crippen LogP contribution < -0.4 is 4.74 Å². The molecule has 0 saturated carbocycles. The molecule has 6 heteroatoms. The van der Waals surface area contributed by atoms with Crippen LogP contribution in [0.4, 0.5) is 0 Å². The van der Waals surface area contributed by atoms with Gasteiger partial charge in [-0.25, -0.2) is 5.26 Å². The Balaban J connectivity index is 2.18. The van der Waals surface area contributed by atoms with Crippen molar-refractivity contribution in [2.24, 2.45) is 0 Å². The third-order valence-electron chi connectivity index (χ3n) is 2.95. The van der Waals surface area contributed by atoms with Crippen molar-refractivity contribution in [3.05, 3.63) is 24.3 Å². The monoisotopic (exact) mass is 314 g/mol. The summed E-state index contributed by atoms with van der Waals surface area (Å²) in [6.45, 7) is 2.18. The molecule has 5 nitrogen and oxygen atoms in total. The van der Waals surface area contributed by atoms with Crippen LogP contribution in [0.1, 0.15) is 51.9 Å². The second-order valence-corrected chi connectivity index (χ2v) is 5.46. The Morgan fingerprint density at radius 1 is 1.10 bits per heavy atom. The summed E-state index contributed by atoms with van der Waals surface area (Å²) in [4.78, 5) is 12.4. The second-order valence-electron chi connectivity index (χ2n) is 4.69. The molecule has 0 aliphatic heterocycles. The number of hydrogen-bond acceptors (Lipinski definition) is 6. The number of unbranched alkanes of at least 4 members (excludes halogenated alkanes) is 5. The smallest absolute Gasteiger partial charge is 0.311 e. The second kappa shape index (κ2) is 11.6. The molecule has 0 aromatic heterocycles. The highest BCUT2D eigenvalue weighted by atomic mass is 32.2. The lowest BCUT2D eigenvalue weighted by Gasteiger charge is -2.05. The molecule has 0 fully saturated rings. The van der Waals surface area contributed by atoms with Gasteiger partial charge in [-0.2, -0.15) is 0 Å². The van der Waals surface area contributed by atoms with Gasteiger partial charge in [0.2, 0.25) is 0 Å². The summed E-state index contributed by atoms with van der Waals surface area (Å²) in [5, 5.41) is 11.5. The highest BCUT2D eigenvalue weighted by Crippen LogP contribution is 2.22. The van der Waals surface area contributed by atoms with Crippen LogP contribution in [0.2, 0.25) is 0 Å². The number of rotatable bonds is 11. The fourth-order valence-electron chi connectivity index (χ4n) is 1.85. The topological polar surface area (TPSA) is 65.0 Å². The molecule has 0 atom stereocenters. The summed E-state index contributed by atoms with van der Waals surface area (Å²) in [5.74, 6) is 0.293. The lowest BCUT2D eigenvalue weighted by molar-refractivity contribution is -0.432. The third kappa shape index (κ3) is 8.72. The molecule has 0 unspecified atom stereocenters. The van der Waals surface area contributed by atoms with Crippen LogP contribution in [0.15, 0.2) is 29.2 Å². The zero-order valence-corrected chi connectivity index (χ0v) is 13.1. The Kier molecular flexibility index (Phi) is 9.90. The van der Waals surface area contributed by atoms with E-state index in [0.717, 1.165) is 29.8 Å². The maximum absolute atomic E-state index is 11.7. The number of hydrogen-bond donors (Lipinski definition) is 1. The lowest BCUT2D eigenvalue weighted by Crippen LogP contribution is -2.07. The molecule has 1 aromatic rings. The molecular weight excluding hydrogens is 292 g/mol. The molecule has 0 radical (unpaired) electrons. The van der Waals surface area contributed by atoms with Crippen LogP contribution in [0.3, 0.4) is 0 Å². The minimum absolute atomic E-state index is 0.208. The van der Waals surface area contributed by atoms with Crippen LogP contribution in [0, 0.1) is 0 Å². The van der Waals surface area contributed by atoms with E-state index in [1.165, 1.54) is 25.7 Å². The van der Waals surface area contributed by atoms with E-state index in [9.17, 15) is 4.79 Å². The van der Waals surface area contributed by atoms with Gasteiger partial charge in [-0.15, -0.1) is 4.33 Å². The van der Waals surface area contributed by atoms with Crippen LogP contribution in [0.25, 0.3) is 0 Å². The predicted molar refractivity (Wildman–Crippen MR) is 80.7 cm³/mol. The minimum Gasteiger partial charge on any atom is -0.427 e. The van der Waals surface area contributed by atoms with Gasteiger partial charge in [0.05, 0.1) is 12.0 Å². The van der Waals surface area contributed by atoms with Crippen molar-refractivity contribution in [1.29, 1.82) is 0 Å². The summed E-state index contributed by atoms with van der Waals surface area (Å²) in [7, 11) is 0. The predicted octanol–water partition coefficient (Wildman–Crippen LogP) is 4.77. The molecule has 0 aliphatic carbocycles. The highest BCUT2D eigenvalue weighted by Gasteiger charge is 2.05. The van der Waals surface area contributed by atoms with Crippen LogP contribution in [-0.2, 0) is 14.2 Å². The van der Waals surface area contributed by atoms with E-state index in [2.05, 4.69) is 16.3 Å². The number of carbonyl (C=O) groups excluding carboxylic acids is 1. The van der Waals surface area contributed by atoms with Crippen molar-refractivity contribution in [2.75, 3.05) is 0 Å². The minimum atomic E-state index is -0.208. The number of benzene rings is 1. The zero-order chi connectivity index (χ0) is 15.3. The fourth-order valence-corrected chi connectivity index (χ4v) is 2.21. The summed E-state index contributed by atoms with van der Waals surface area (Å²) in [6.07, 6.45) is 7.31. The van der Waals surface area contributed by atoms with Crippen molar-refractivity contribution in [3.63, 3.8) is 0 Å². The van der Waals surface area contributed by atoms with Crippen molar-refractivity contribution in [3.8, 4) is 5.75 Å². The normalized spacial score (nSPS) is 10.6. The molecule has 0 saturated heterocycles. The van der Waals surface area contributed by atoms with Crippen LogP contribution in [-0.4, -0.2) is 11.2 Å². The first-order valence-corrected chi connectivity index (χ1v) is 7.96. The van der Waals surface area contributed by atoms with E-state index in [4.69, 9.17) is 9.99 Å². The van der Waals surface area contributed by atoms with Crippen LogP contribution >= 0.6 is 12.0 Å². The molecule has 1 rings (SSSR count). The third-order valence-corrected chi connectivity index (χ3v) is 3.54. The SMILES string of the molecule is CCCCCCCCC(=O)Oc1ccc(SOOO)cc1. The van der Waals surface area contributed by atoms with Gasteiger partial charge in [-0.05, 0) is 30.7 Å². The van der Waals surface area contributed by atoms with Gasteiger partial charge in [0, 0.05) is 11.3 Å². The van der Waals surface area contributed by atoms with Gasteiger partial charge in [-0.1, -0.05) is 44.1 Å². The molecule has 118 valence electrons. The van der Waals surface area contributed by atoms with Crippen molar-refractivity contribution in [2.45, 2.75) is 56.8 Å². The summed E-state index contributed by atoms with van der Waals surface area (Å²) >= 11 is 0.859. The largest absolute Gasteiger partial charge is 0.427 e. The maximum atomic E-state index is 11.7. The Labute approximate surface area is 129 Å². The maximum Gasteiger partial charge on any atom is 0.311 e. The first-order valence-electron chi connectivity index (χ1n) is 7.21. The first kappa shape index (κ1) is 18.0. The van der Waals surface area contributed by atoms with Gasteiger partial charge in [0.1, 0.15) is 5.75 Å². The molecule has 1 N–H and O–H groups in total. The number of carbonyl (C=O) groups is 1. The van der Waals surface area contributed by atoms with E-state index >= 15 is 0 Å². The fraction of sp³-hybridized carbons (Fsp3) is 0.533. The van der Waals surface area contributed by atoms with Gasteiger partial charge in [0.25, 0.3) is 0 Å². The van der Waals surface area contributed by atoms with E-state index in [-0.39, 0.29) is 5.97 Å². The van der Waals surface area contributed by atoms with Crippen LogP contribution in [0.5, 0.6) is 5.75 Å². The Bertz CT molecular complexity index is 394. The average Bonchev–Trinajstić information content (AvgIpc) is 2.50. The average molecular weight is 314 g/mol. The van der Waals surface area contributed by atoms with Crippen molar-refractivity contribution >= 4 is 18.0 Å². The van der Waals surface area contributed by atoms with E-state index < -0.39 is 0 Å². The first-order chi connectivity index (χ1) is 10.3. The summed E-state index contributed by atoms with van der Waals surface area (Å²) in [5.41, 5.74) is 0. The summed E-state index contributed by atoms with van der Waals surface area (Å²) < 4.78 is 9.53. The number of esters is 1. The summed E-state index contributed by atoms with van der Waals surface area (Å²) in [6, 6.07) is 6.75. The molecule has 0 amide bonds. The molecule has 0 spiro atoms. The Morgan fingerprint density at radius 2 is 1.76 bits per heavy atom. The molecule has 0 bridgehead atoms. The quantitative estimate of drug-likeness (QED) is 0.158. The van der Waals surface area contributed by atoms with Gasteiger partial charge < -0.3 is 4.74 Å². The zero-order valence-electron chi connectivity index (χ0n) is 12.2. The Hall–Kier alpha value is -1.08. The molecule has 0 aliphatic rings. The van der Waals surface area contributed by atoms with Crippen molar-refractivity contribution in [1.82, 2.24) is 0 Å².